The van der Waals surface area contributed by atoms with Crippen LogP contribution in [-0.4, -0.2) is 9.55 Å². The molecule has 0 fully saturated rings. The first kappa shape index (κ1) is 19.1. The van der Waals surface area contributed by atoms with E-state index in [1.54, 1.807) is 0 Å². The van der Waals surface area contributed by atoms with E-state index in [9.17, 15) is 0 Å². The smallest absolute Gasteiger partial charge is 0.0783 e. The SMILES string of the molecule is c1cc(Cc2cccc3ccc4cccnc4c23)cc(-n2c3ccccc3c3ccccc32)c1. The van der Waals surface area contributed by atoms with Crippen LogP contribution in [0.4, 0.5) is 0 Å². The lowest BCUT2D eigenvalue weighted by Gasteiger charge is -2.12. The number of para-hydroxylation sites is 2. The number of nitrogens with zero attached hydrogens (tertiary/aromatic N) is 2. The van der Waals surface area contributed by atoms with Crippen molar-refractivity contribution in [3.8, 4) is 5.69 Å². The summed E-state index contributed by atoms with van der Waals surface area (Å²) in [6.45, 7) is 0. The number of hydrogen-bond donors (Lipinski definition) is 0. The van der Waals surface area contributed by atoms with Crippen LogP contribution < -0.4 is 0 Å². The van der Waals surface area contributed by atoms with Crippen LogP contribution in [0.25, 0.3) is 49.2 Å². The topological polar surface area (TPSA) is 17.8 Å². The Morgan fingerprint density at radius 3 is 2.12 bits per heavy atom. The molecule has 34 heavy (non-hydrogen) atoms. The average molecular weight is 435 g/mol. The van der Waals surface area contributed by atoms with E-state index in [1.807, 2.05) is 12.3 Å². The van der Waals surface area contributed by atoms with Gasteiger partial charge in [0.2, 0.25) is 0 Å². The fraction of sp³-hybridized carbons (Fsp3) is 0.0312. The summed E-state index contributed by atoms with van der Waals surface area (Å²) < 4.78 is 2.38. The number of aromatic nitrogens is 2. The average Bonchev–Trinajstić information content (AvgIpc) is 3.23. The predicted octanol–water partition coefficient (Wildman–Crippen LogP) is 8.08. The van der Waals surface area contributed by atoms with E-state index >= 15 is 0 Å². The van der Waals surface area contributed by atoms with E-state index < -0.39 is 0 Å². The molecule has 0 amide bonds. The molecule has 2 heterocycles. The van der Waals surface area contributed by atoms with Gasteiger partial charge in [-0.05, 0) is 53.3 Å². The molecule has 0 aliphatic heterocycles. The summed E-state index contributed by atoms with van der Waals surface area (Å²) in [6.07, 6.45) is 2.75. The molecule has 0 aliphatic rings. The minimum atomic E-state index is 0.859. The van der Waals surface area contributed by atoms with Gasteiger partial charge in [0.25, 0.3) is 0 Å². The molecule has 2 heteroatoms. The first-order valence-electron chi connectivity index (χ1n) is 11.7. The van der Waals surface area contributed by atoms with Crippen LogP contribution in [0.2, 0.25) is 0 Å². The molecule has 0 spiro atoms. The quantitative estimate of drug-likeness (QED) is 0.257. The van der Waals surface area contributed by atoms with Crippen molar-refractivity contribution in [1.29, 1.82) is 0 Å². The van der Waals surface area contributed by atoms with Crippen LogP contribution in [0.3, 0.4) is 0 Å². The first-order chi connectivity index (χ1) is 16.9. The monoisotopic (exact) mass is 434 g/mol. The second kappa shape index (κ2) is 7.57. The second-order valence-corrected chi connectivity index (χ2v) is 8.87. The summed E-state index contributed by atoms with van der Waals surface area (Å²) in [7, 11) is 0. The summed E-state index contributed by atoms with van der Waals surface area (Å²) >= 11 is 0. The highest BCUT2D eigenvalue weighted by Gasteiger charge is 2.12. The summed E-state index contributed by atoms with van der Waals surface area (Å²) in [4.78, 5) is 4.73. The van der Waals surface area contributed by atoms with Gasteiger partial charge < -0.3 is 4.57 Å². The van der Waals surface area contributed by atoms with E-state index in [-0.39, 0.29) is 0 Å². The van der Waals surface area contributed by atoms with Crippen molar-refractivity contribution in [3.63, 3.8) is 0 Å². The zero-order chi connectivity index (χ0) is 22.5. The van der Waals surface area contributed by atoms with Crippen LogP contribution >= 0.6 is 0 Å². The molecule has 2 nitrogen and oxygen atoms in total. The number of fused-ring (bicyclic) bond motifs is 6. The van der Waals surface area contributed by atoms with Crippen molar-refractivity contribution in [1.82, 2.24) is 9.55 Å². The Kier molecular flexibility index (Phi) is 4.25. The lowest BCUT2D eigenvalue weighted by Crippen LogP contribution is -1.97. The Hall–Kier alpha value is -4.43. The molecule has 2 aromatic heterocycles. The van der Waals surface area contributed by atoms with Crippen molar-refractivity contribution in [2.45, 2.75) is 6.42 Å². The van der Waals surface area contributed by atoms with Crippen LogP contribution in [0, 0.1) is 0 Å². The van der Waals surface area contributed by atoms with E-state index in [0.29, 0.717) is 0 Å². The number of benzene rings is 5. The molecule has 0 bridgehead atoms. The molecule has 0 saturated carbocycles. The largest absolute Gasteiger partial charge is 0.309 e. The van der Waals surface area contributed by atoms with Crippen LogP contribution in [-0.2, 0) is 6.42 Å². The van der Waals surface area contributed by atoms with E-state index in [4.69, 9.17) is 4.98 Å². The first-order valence-corrected chi connectivity index (χ1v) is 11.7. The van der Waals surface area contributed by atoms with Gasteiger partial charge in [-0.2, -0.15) is 0 Å². The molecule has 0 saturated heterocycles. The van der Waals surface area contributed by atoms with Gasteiger partial charge in [0.05, 0.1) is 16.6 Å². The van der Waals surface area contributed by atoms with Crippen LogP contribution in [0.5, 0.6) is 0 Å². The van der Waals surface area contributed by atoms with Crippen molar-refractivity contribution in [3.05, 3.63) is 133 Å². The Morgan fingerprint density at radius 2 is 1.29 bits per heavy atom. The molecule has 5 aromatic carbocycles. The summed E-state index contributed by atoms with van der Waals surface area (Å²) in [6, 6.07) is 41.4. The van der Waals surface area contributed by atoms with E-state index in [2.05, 4.69) is 114 Å². The highest BCUT2D eigenvalue weighted by atomic mass is 15.0. The fourth-order valence-corrected chi connectivity index (χ4v) is 5.36. The minimum absolute atomic E-state index is 0.859. The number of rotatable bonds is 3. The zero-order valence-electron chi connectivity index (χ0n) is 18.6. The van der Waals surface area contributed by atoms with Crippen molar-refractivity contribution >= 4 is 43.5 Å². The molecule has 0 radical (unpaired) electrons. The van der Waals surface area contributed by atoms with E-state index in [0.717, 1.165) is 11.9 Å². The van der Waals surface area contributed by atoms with E-state index in [1.165, 1.54) is 54.8 Å². The van der Waals surface area contributed by atoms with Crippen LogP contribution in [0.15, 0.2) is 121 Å². The van der Waals surface area contributed by atoms with Gasteiger partial charge in [-0.25, -0.2) is 0 Å². The van der Waals surface area contributed by atoms with Gasteiger partial charge in [0.15, 0.2) is 0 Å². The van der Waals surface area contributed by atoms with Gasteiger partial charge in [-0.15, -0.1) is 0 Å². The molecule has 0 N–H and O–H groups in total. The molecule has 7 aromatic rings. The lowest BCUT2D eigenvalue weighted by molar-refractivity contribution is 1.14. The van der Waals surface area contributed by atoms with Gasteiger partial charge >= 0.3 is 0 Å². The Balaban J connectivity index is 1.40. The highest BCUT2D eigenvalue weighted by molar-refractivity contribution is 6.09. The molecule has 160 valence electrons. The van der Waals surface area contributed by atoms with Crippen molar-refractivity contribution in [2.24, 2.45) is 0 Å². The number of pyridine rings is 1. The second-order valence-electron chi connectivity index (χ2n) is 8.87. The molecule has 0 aliphatic carbocycles. The minimum Gasteiger partial charge on any atom is -0.309 e. The fourth-order valence-electron chi connectivity index (χ4n) is 5.36. The summed E-state index contributed by atoms with van der Waals surface area (Å²) in [5, 5.41) is 6.25. The third-order valence-electron chi connectivity index (χ3n) is 6.84. The number of hydrogen-bond acceptors (Lipinski definition) is 1. The maximum atomic E-state index is 4.73. The molecular formula is C32H22N2. The van der Waals surface area contributed by atoms with Crippen molar-refractivity contribution in [2.75, 3.05) is 0 Å². The normalized spacial score (nSPS) is 11.6. The lowest BCUT2D eigenvalue weighted by atomic mass is 9.96. The third kappa shape index (κ3) is 2.93. The van der Waals surface area contributed by atoms with Gasteiger partial charge in [0.1, 0.15) is 0 Å². The van der Waals surface area contributed by atoms with Crippen LogP contribution in [0.1, 0.15) is 11.1 Å². The summed E-state index contributed by atoms with van der Waals surface area (Å²) in [5.41, 5.74) is 7.34. The van der Waals surface area contributed by atoms with Gasteiger partial charge in [-0.1, -0.05) is 84.9 Å². The Morgan fingerprint density at radius 1 is 0.588 bits per heavy atom. The molecule has 0 atom stereocenters. The molecular weight excluding hydrogens is 412 g/mol. The summed E-state index contributed by atoms with van der Waals surface area (Å²) in [5.74, 6) is 0. The maximum Gasteiger partial charge on any atom is 0.0783 e. The predicted molar refractivity (Wildman–Crippen MR) is 143 cm³/mol. The van der Waals surface area contributed by atoms with Gasteiger partial charge in [0, 0.05) is 33.4 Å². The Labute approximate surface area is 197 Å². The molecule has 0 unspecified atom stereocenters. The standard InChI is InChI=1S/C32H22N2/c1-3-15-29-27(13-1)28-14-2-4-16-30(28)34(29)26-12-5-8-22(21-26)20-25-10-6-9-23-17-18-24-11-7-19-33-32(24)31(23)25/h1-19,21H,20H2. The maximum absolute atomic E-state index is 4.73. The highest BCUT2D eigenvalue weighted by Crippen LogP contribution is 2.33. The zero-order valence-corrected chi connectivity index (χ0v) is 18.6. The van der Waals surface area contributed by atoms with Gasteiger partial charge in [-0.3, -0.25) is 4.98 Å². The Bertz CT molecular complexity index is 1790. The molecule has 7 rings (SSSR count). The van der Waals surface area contributed by atoms with Crippen molar-refractivity contribution < 1.29 is 0 Å². The third-order valence-corrected chi connectivity index (χ3v) is 6.84.